The monoisotopic (exact) mass is 498 g/mol. The first kappa shape index (κ1) is 24.4. The van der Waals surface area contributed by atoms with E-state index in [0.29, 0.717) is 35.4 Å². The summed E-state index contributed by atoms with van der Waals surface area (Å²) in [5.74, 6) is 0.538. The Morgan fingerprint density at radius 2 is 1.76 bits per heavy atom. The molecule has 0 bridgehead atoms. The van der Waals surface area contributed by atoms with Gasteiger partial charge in [-0.25, -0.2) is 0 Å². The summed E-state index contributed by atoms with van der Waals surface area (Å²) in [6.45, 7) is 2.38. The number of hydrogen-bond acceptors (Lipinski definition) is 5. The number of ether oxygens (including phenoxy) is 2. The minimum atomic E-state index is -1.25. The fraction of sp³-hybridized carbons (Fsp3) is 0.267. The lowest BCUT2D eigenvalue weighted by Gasteiger charge is -2.37. The zero-order valence-corrected chi connectivity index (χ0v) is 21.0. The van der Waals surface area contributed by atoms with Crippen LogP contribution in [0, 0.1) is 0 Å². The van der Waals surface area contributed by atoms with Crippen molar-refractivity contribution in [3.63, 3.8) is 0 Å². The summed E-state index contributed by atoms with van der Waals surface area (Å²) < 4.78 is 17.5. The number of amides is 2. The van der Waals surface area contributed by atoms with Crippen LogP contribution in [0.3, 0.4) is 0 Å². The molecular weight excluding hydrogens is 468 g/mol. The average Bonchev–Trinajstić information content (AvgIpc) is 3.27. The molecule has 0 unspecified atom stereocenters. The van der Waals surface area contributed by atoms with Crippen molar-refractivity contribution in [3.8, 4) is 11.5 Å². The van der Waals surface area contributed by atoms with Gasteiger partial charge < -0.3 is 24.1 Å². The highest BCUT2D eigenvalue weighted by Gasteiger charge is 2.47. The average molecular weight is 499 g/mol. The van der Waals surface area contributed by atoms with Gasteiger partial charge in [0.25, 0.3) is 5.91 Å². The summed E-state index contributed by atoms with van der Waals surface area (Å²) in [6.07, 6.45) is 1.46. The number of benzene rings is 3. The van der Waals surface area contributed by atoms with E-state index >= 15 is 0 Å². The molecule has 4 aromatic rings. The van der Waals surface area contributed by atoms with E-state index in [-0.39, 0.29) is 30.7 Å². The minimum Gasteiger partial charge on any atom is -0.496 e. The van der Waals surface area contributed by atoms with Gasteiger partial charge >= 0.3 is 0 Å². The molecule has 1 aliphatic heterocycles. The van der Waals surface area contributed by atoms with Gasteiger partial charge in [-0.15, -0.1) is 0 Å². The molecule has 37 heavy (non-hydrogen) atoms. The van der Waals surface area contributed by atoms with Crippen LogP contribution in [0.25, 0.3) is 11.0 Å². The maximum Gasteiger partial charge on any atom is 0.294 e. The molecule has 7 heteroatoms. The number of methoxy groups -OCH3 is 1. The van der Waals surface area contributed by atoms with Gasteiger partial charge in [0, 0.05) is 18.7 Å². The van der Waals surface area contributed by atoms with Crippen LogP contribution in [0.2, 0.25) is 0 Å². The van der Waals surface area contributed by atoms with Crippen molar-refractivity contribution in [3.05, 3.63) is 95.7 Å². The molecule has 0 saturated heterocycles. The molecule has 1 atom stereocenters. The molecule has 2 amide bonds. The fourth-order valence-corrected chi connectivity index (χ4v) is 4.78. The van der Waals surface area contributed by atoms with E-state index in [4.69, 9.17) is 13.9 Å². The summed E-state index contributed by atoms with van der Waals surface area (Å²) in [7, 11) is 1.60. The Morgan fingerprint density at radius 3 is 2.57 bits per heavy atom. The molecule has 1 N–H and O–H groups in total. The van der Waals surface area contributed by atoms with Gasteiger partial charge in [0.1, 0.15) is 17.9 Å². The van der Waals surface area contributed by atoms with Crippen molar-refractivity contribution in [2.24, 2.45) is 0 Å². The Balaban J connectivity index is 1.43. The molecule has 0 fully saturated rings. The van der Waals surface area contributed by atoms with Crippen molar-refractivity contribution >= 4 is 22.8 Å². The molecule has 0 saturated carbocycles. The predicted octanol–water partition coefficient (Wildman–Crippen LogP) is 4.98. The number of rotatable bonds is 8. The number of carbonyl (C=O) groups is 2. The Kier molecular flexibility index (Phi) is 6.86. The zero-order valence-electron chi connectivity index (χ0n) is 21.0. The second kappa shape index (κ2) is 10.4. The molecule has 5 rings (SSSR count). The number of carbonyl (C=O) groups excluding carboxylic acids is 2. The van der Waals surface area contributed by atoms with Gasteiger partial charge in [-0.05, 0) is 43.5 Å². The second-order valence-electron chi connectivity index (χ2n) is 9.36. The molecule has 3 aromatic carbocycles. The number of furan rings is 1. The molecule has 0 radical (unpaired) electrons. The molecular formula is C30H30N2O5. The second-order valence-corrected chi connectivity index (χ2v) is 9.36. The first-order valence-corrected chi connectivity index (χ1v) is 12.4. The Morgan fingerprint density at radius 1 is 1.03 bits per heavy atom. The molecule has 0 spiro atoms. The highest BCUT2D eigenvalue weighted by atomic mass is 16.5. The zero-order chi connectivity index (χ0) is 25.8. The van der Waals surface area contributed by atoms with Gasteiger partial charge in [0.15, 0.2) is 11.3 Å². The third-order valence-electron chi connectivity index (χ3n) is 6.89. The number of fused-ring (bicyclic) bond motifs is 3. The lowest BCUT2D eigenvalue weighted by Crippen LogP contribution is -2.61. The van der Waals surface area contributed by atoms with E-state index in [1.807, 2.05) is 60.7 Å². The van der Waals surface area contributed by atoms with Crippen molar-refractivity contribution in [1.29, 1.82) is 0 Å². The Bertz CT molecular complexity index is 1410. The number of nitrogens with zero attached hydrogens (tertiary/aromatic N) is 1. The van der Waals surface area contributed by atoms with Gasteiger partial charge in [-0.3, -0.25) is 9.59 Å². The number of para-hydroxylation sites is 2. The standard InChI is InChI=1S/C30H30N2O5/c1-30(29(34)31-19-22-14-6-8-16-24(22)35-2)20-36-26-23-15-7-9-17-25(23)37-27(26)28(33)32(30)18-10-13-21-11-4-3-5-12-21/h3-9,11-12,14-17H,10,13,18-20H2,1-2H3,(H,31,34)/t30-/m0/s1. The van der Waals surface area contributed by atoms with Gasteiger partial charge in [0.05, 0.1) is 12.5 Å². The lowest BCUT2D eigenvalue weighted by molar-refractivity contribution is -0.133. The van der Waals surface area contributed by atoms with Crippen molar-refractivity contribution in [2.75, 3.05) is 20.3 Å². The topological polar surface area (TPSA) is 81.0 Å². The van der Waals surface area contributed by atoms with Crippen molar-refractivity contribution in [1.82, 2.24) is 10.2 Å². The Hall–Kier alpha value is -4.26. The third-order valence-corrected chi connectivity index (χ3v) is 6.89. The van der Waals surface area contributed by atoms with Crippen LogP contribution < -0.4 is 14.8 Å². The van der Waals surface area contributed by atoms with Crippen molar-refractivity contribution < 1.29 is 23.5 Å². The van der Waals surface area contributed by atoms with E-state index in [1.165, 1.54) is 5.56 Å². The first-order valence-electron chi connectivity index (χ1n) is 12.4. The maximum atomic E-state index is 13.9. The third kappa shape index (κ3) is 4.77. The van der Waals surface area contributed by atoms with Gasteiger partial charge in [-0.1, -0.05) is 60.7 Å². The molecule has 190 valence electrons. The summed E-state index contributed by atoms with van der Waals surface area (Å²) in [5, 5.41) is 3.72. The number of aryl methyl sites for hydroxylation is 1. The quantitative estimate of drug-likeness (QED) is 0.370. The molecule has 7 nitrogen and oxygen atoms in total. The summed E-state index contributed by atoms with van der Waals surface area (Å²) in [5.41, 5.74) is 1.34. The van der Waals surface area contributed by atoms with Gasteiger partial charge in [0.2, 0.25) is 11.7 Å². The van der Waals surface area contributed by atoms with Crippen LogP contribution in [0.15, 0.2) is 83.3 Å². The van der Waals surface area contributed by atoms with Crippen molar-refractivity contribution in [2.45, 2.75) is 31.8 Å². The Labute approximate surface area is 216 Å². The minimum absolute atomic E-state index is 0.00162. The number of hydrogen-bond donors (Lipinski definition) is 1. The highest BCUT2D eigenvalue weighted by Crippen LogP contribution is 2.38. The van der Waals surface area contributed by atoms with E-state index < -0.39 is 5.54 Å². The van der Waals surface area contributed by atoms with E-state index in [9.17, 15) is 9.59 Å². The predicted molar refractivity (Wildman–Crippen MR) is 141 cm³/mol. The first-order chi connectivity index (χ1) is 18.0. The van der Waals surface area contributed by atoms with Crippen LogP contribution in [-0.2, 0) is 17.8 Å². The normalized spacial score (nSPS) is 17.1. The molecule has 0 aliphatic carbocycles. The molecule has 1 aromatic heterocycles. The highest BCUT2D eigenvalue weighted by molar-refractivity contribution is 6.04. The van der Waals surface area contributed by atoms with E-state index in [2.05, 4.69) is 17.4 Å². The van der Waals surface area contributed by atoms with Crippen LogP contribution in [0.5, 0.6) is 11.5 Å². The SMILES string of the molecule is COc1ccccc1CNC(=O)[C@]1(C)COc2c(oc3ccccc23)C(=O)N1CCCc1ccccc1. The van der Waals surface area contributed by atoms with Crippen LogP contribution in [-0.4, -0.2) is 42.5 Å². The largest absolute Gasteiger partial charge is 0.496 e. The van der Waals surface area contributed by atoms with Crippen LogP contribution in [0.4, 0.5) is 0 Å². The maximum absolute atomic E-state index is 13.9. The molecule has 2 heterocycles. The smallest absolute Gasteiger partial charge is 0.294 e. The summed E-state index contributed by atoms with van der Waals surface area (Å²) >= 11 is 0. The fourth-order valence-electron chi connectivity index (χ4n) is 4.78. The summed E-state index contributed by atoms with van der Waals surface area (Å²) in [6, 6.07) is 25.0. The molecule has 1 aliphatic rings. The van der Waals surface area contributed by atoms with Crippen LogP contribution in [0.1, 0.15) is 35.0 Å². The van der Waals surface area contributed by atoms with Gasteiger partial charge in [-0.2, -0.15) is 0 Å². The summed E-state index contributed by atoms with van der Waals surface area (Å²) in [4.78, 5) is 29.2. The lowest BCUT2D eigenvalue weighted by atomic mass is 9.98. The van der Waals surface area contributed by atoms with Crippen LogP contribution >= 0.6 is 0 Å². The van der Waals surface area contributed by atoms with E-state index in [1.54, 1.807) is 25.0 Å². The number of nitrogens with one attached hydrogen (secondary N) is 1. The van der Waals surface area contributed by atoms with E-state index in [0.717, 1.165) is 12.0 Å².